The van der Waals surface area contributed by atoms with Crippen LogP contribution in [0.15, 0.2) is 0 Å². The number of ether oxygens (including phenoxy) is 1. The van der Waals surface area contributed by atoms with E-state index in [-0.39, 0.29) is 18.0 Å². The van der Waals surface area contributed by atoms with E-state index >= 15 is 0 Å². The summed E-state index contributed by atoms with van der Waals surface area (Å²) in [5.41, 5.74) is 5.59. The minimum Gasteiger partial charge on any atom is -0.373 e. The zero-order valence-electron chi connectivity index (χ0n) is 13.4. The Morgan fingerprint density at radius 1 is 1.25 bits per heavy atom. The van der Waals surface area contributed by atoms with Crippen molar-refractivity contribution in [3.05, 3.63) is 0 Å². The van der Waals surface area contributed by atoms with Crippen molar-refractivity contribution in [3.63, 3.8) is 0 Å². The quantitative estimate of drug-likeness (QED) is 0.818. The highest BCUT2D eigenvalue weighted by atomic mass is 32.2. The zero-order valence-corrected chi connectivity index (χ0v) is 14.3. The lowest BCUT2D eigenvalue weighted by molar-refractivity contribution is -0.0652. The van der Waals surface area contributed by atoms with Crippen LogP contribution in [0.2, 0.25) is 0 Å². The van der Waals surface area contributed by atoms with Crippen molar-refractivity contribution in [1.29, 1.82) is 0 Å². The van der Waals surface area contributed by atoms with Gasteiger partial charge in [-0.15, -0.1) is 0 Å². The Morgan fingerprint density at radius 2 is 1.80 bits per heavy atom. The monoisotopic (exact) mass is 305 g/mol. The summed E-state index contributed by atoms with van der Waals surface area (Å²) in [5.74, 6) is 0.853. The van der Waals surface area contributed by atoms with Crippen LogP contribution in [0.3, 0.4) is 0 Å². The minimum absolute atomic E-state index is 0.0788. The molecule has 1 rings (SSSR count). The first-order chi connectivity index (χ1) is 9.16. The molecular weight excluding hydrogens is 274 g/mol. The van der Waals surface area contributed by atoms with Gasteiger partial charge in [0, 0.05) is 6.54 Å². The van der Waals surface area contributed by atoms with Gasteiger partial charge in [0.25, 0.3) is 0 Å². The molecule has 120 valence electrons. The van der Waals surface area contributed by atoms with Crippen LogP contribution in [0.25, 0.3) is 0 Å². The van der Waals surface area contributed by atoms with Gasteiger partial charge in [-0.2, -0.15) is 0 Å². The highest BCUT2D eigenvalue weighted by Crippen LogP contribution is 2.35. The SMILES string of the molecule is CCC1CCC(CN)(OCCS(=O)(=O)C(C)(C)C)CC1. The van der Waals surface area contributed by atoms with Crippen molar-refractivity contribution >= 4 is 9.84 Å². The average molecular weight is 305 g/mol. The van der Waals surface area contributed by atoms with Crippen LogP contribution in [0.5, 0.6) is 0 Å². The third-order valence-corrected chi connectivity index (χ3v) is 7.23. The van der Waals surface area contributed by atoms with Crippen molar-refractivity contribution in [1.82, 2.24) is 0 Å². The van der Waals surface area contributed by atoms with E-state index in [2.05, 4.69) is 6.92 Å². The molecule has 4 nitrogen and oxygen atoms in total. The van der Waals surface area contributed by atoms with Crippen LogP contribution < -0.4 is 5.73 Å². The molecule has 0 aromatic heterocycles. The second kappa shape index (κ2) is 6.75. The smallest absolute Gasteiger partial charge is 0.157 e. The van der Waals surface area contributed by atoms with Crippen molar-refractivity contribution in [2.24, 2.45) is 11.7 Å². The maximum atomic E-state index is 12.1. The first-order valence-corrected chi connectivity index (χ1v) is 9.37. The van der Waals surface area contributed by atoms with Crippen LogP contribution >= 0.6 is 0 Å². The summed E-state index contributed by atoms with van der Waals surface area (Å²) in [6.45, 7) is 8.15. The van der Waals surface area contributed by atoms with Crippen LogP contribution in [-0.2, 0) is 14.6 Å². The highest BCUT2D eigenvalue weighted by molar-refractivity contribution is 7.92. The minimum atomic E-state index is -3.11. The fraction of sp³-hybridized carbons (Fsp3) is 1.00. The molecule has 0 spiro atoms. The fourth-order valence-corrected chi connectivity index (χ4v) is 3.61. The highest BCUT2D eigenvalue weighted by Gasteiger charge is 2.36. The summed E-state index contributed by atoms with van der Waals surface area (Å²) in [6.07, 6.45) is 5.40. The van der Waals surface area contributed by atoms with Gasteiger partial charge in [0.2, 0.25) is 0 Å². The first kappa shape index (κ1) is 17.9. The molecule has 0 aromatic carbocycles. The molecule has 0 aromatic rings. The van der Waals surface area contributed by atoms with Crippen molar-refractivity contribution < 1.29 is 13.2 Å². The molecule has 2 N–H and O–H groups in total. The predicted octanol–water partition coefficient (Wildman–Crippen LogP) is 2.51. The number of sulfone groups is 1. The number of rotatable bonds is 6. The molecule has 1 aliphatic rings. The summed E-state index contributed by atoms with van der Waals surface area (Å²) in [4.78, 5) is 0. The zero-order chi connectivity index (χ0) is 15.4. The van der Waals surface area contributed by atoms with Gasteiger partial charge < -0.3 is 10.5 Å². The van der Waals surface area contributed by atoms with Gasteiger partial charge in [0.15, 0.2) is 9.84 Å². The Labute approximate surface area is 124 Å². The molecule has 0 unspecified atom stereocenters. The van der Waals surface area contributed by atoms with E-state index < -0.39 is 14.6 Å². The average Bonchev–Trinajstić information content (AvgIpc) is 2.38. The fourth-order valence-electron chi connectivity index (χ4n) is 2.69. The Balaban J connectivity index is 2.51. The topological polar surface area (TPSA) is 69.4 Å². The van der Waals surface area contributed by atoms with Crippen molar-refractivity contribution in [2.45, 2.75) is 70.1 Å². The summed E-state index contributed by atoms with van der Waals surface area (Å²) in [6, 6.07) is 0. The van der Waals surface area contributed by atoms with E-state index in [0.717, 1.165) is 31.6 Å². The third-order valence-electron chi connectivity index (χ3n) is 4.66. The van der Waals surface area contributed by atoms with E-state index in [1.807, 2.05) is 0 Å². The number of nitrogens with two attached hydrogens (primary N) is 1. The molecule has 20 heavy (non-hydrogen) atoms. The molecule has 1 aliphatic carbocycles. The summed E-state index contributed by atoms with van der Waals surface area (Å²) in [5, 5.41) is 0. The third kappa shape index (κ3) is 4.43. The summed E-state index contributed by atoms with van der Waals surface area (Å²) in [7, 11) is -3.11. The molecule has 0 saturated heterocycles. The molecule has 0 amide bonds. The van der Waals surface area contributed by atoms with Gasteiger partial charge in [-0.25, -0.2) is 8.42 Å². The maximum Gasteiger partial charge on any atom is 0.157 e. The Bertz CT molecular complexity index is 390. The Hall–Kier alpha value is -0.130. The lowest BCUT2D eigenvalue weighted by atomic mass is 9.77. The standard InChI is InChI=1S/C15H31NO3S/c1-5-13-6-8-15(12-16,9-7-13)19-10-11-20(17,18)14(2,3)4/h13H,5-12,16H2,1-4H3. The molecule has 0 heterocycles. The molecule has 0 aliphatic heterocycles. The Kier molecular flexibility index (Phi) is 6.05. The summed E-state index contributed by atoms with van der Waals surface area (Å²) >= 11 is 0. The summed E-state index contributed by atoms with van der Waals surface area (Å²) < 4.78 is 29.4. The molecule has 0 radical (unpaired) electrons. The van der Waals surface area contributed by atoms with E-state index in [4.69, 9.17) is 10.5 Å². The van der Waals surface area contributed by atoms with Gasteiger partial charge in [-0.05, 0) is 52.4 Å². The van der Waals surface area contributed by atoms with Crippen molar-refractivity contribution in [3.8, 4) is 0 Å². The predicted molar refractivity (Wildman–Crippen MR) is 83.5 cm³/mol. The maximum absolute atomic E-state index is 12.1. The number of hydrogen-bond acceptors (Lipinski definition) is 4. The Morgan fingerprint density at radius 3 is 2.20 bits per heavy atom. The van der Waals surface area contributed by atoms with Gasteiger partial charge in [-0.1, -0.05) is 13.3 Å². The number of hydrogen-bond donors (Lipinski definition) is 1. The van der Waals surface area contributed by atoms with Gasteiger partial charge >= 0.3 is 0 Å². The van der Waals surface area contributed by atoms with Gasteiger partial charge in [0.1, 0.15) is 0 Å². The van der Waals surface area contributed by atoms with E-state index in [1.54, 1.807) is 20.8 Å². The lowest BCUT2D eigenvalue weighted by Gasteiger charge is -2.39. The van der Waals surface area contributed by atoms with E-state index in [9.17, 15) is 8.42 Å². The molecule has 0 bridgehead atoms. The van der Waals surface area contributed by atoms with E-state index in [0.29, 0.717) is 6.54 Å². The second-order valence-electron chi connectivity index (χ2n) is 7.02. The molecule has 5 heteroatoms. The largest absolute Gasteiger partial charge is 0.373 e. The molecule has 1 fully saturated rings. The van der Waals surface area contributed by atoms with Gasteiger partial charge in [-0.3, -0.25) is 0 Å². The molecule has 1 saturated carbocycles. The van der Waals surface area contributed by atoms with E-state index in [1.165, 1.54) is 6.42 Å². The van der Waals surface area contributed by atoms with Crippen LogP contribution in [0.1, 0.15) is 59.8 Å². The van der Waals surface area contributed by atoms with Crippen LogP contribution in [0, 0.1) is 5.92 Å². The van der Waals surface area contributed by atoms with Gasteiger partial charge in [0.05, 0.1) is 22.7 Å². The molecular formula is C15H31NO3S. The van der Waals surface area contributed by atoms with Crippen LogP contribution in [-0.4, -0.2) is 37.7 Å². The first-order valence-electron chi connectivity index (χ1n) is 7.72. The normalized spacial score (nSPS) is 28.6. The van der Waals surface area contributed by atoms with Crippen LogP contribution in [0.4, 0.5) is 0 Å². The van der Waals surface area contributed by atoms with Crippen molar-refractivity contribution in [2.75, 3.05) is 18.9 Å². The second-order valence-corrected chi connectivity index (χ2v) is 9.88. The molecule has 0 atom stereocenters. The lowest BCUT2D eigenvalue weighted by Crippen LogP contribution is -2.45.